The van der Waals surface area contributed by atoms with Crippen molar-refractivity contribution in [1.82, 2.24) is 0 Å². The van der Waals surface area contributed by atoms with Gasteiger partial charge in [0.2, 0.25) is 0 Å². The largest absolute Gasteiger partial charge is 0.483 e. The molecule has 0 atom stereocenters. The van der Waals surface area contributed by atoms with Crippen molar-refractivity contribution in [2.75, 3.05) is 0 Å². The molecule has 2 nitrogen and oxygen atoms in total. The molecule has 0 heterocycles. The van der Waals surface area contributed by atoms with Gasteiger partial charge in [-0.2, -0.15) is 0 Å². The van der Waals surface area contributed by atoms with E-state index in [2.05, 4.69) is 20.8 Å². The van der Waals surface area contributed by atoms with Crippen LogP contribution in [-0.4, -0.2) is 11.6 Å². The molecule has 0 aromatic carbocycles. The van der Waals surface area contributed by atoms with Gasteiger partial charge in [-0.3, -0.25) is 4.79 Å². The van der Waals surface area contributed by atoms with E-state index in [4.69, 9.17) is 9.90 Å². The molecule has 0 aromatic rings. The van der Waals surface area contributed by atoms with Gasteiger partial charge in [0.05, 0.1) is 0 Å². The molecule has 23 heavy (non-hydrogen) atoms. The van der Waals surface area contributed by atoms with Crippen molar-refractivity contribution in [3.63, 3.8) is 0 Å². The lowest BCUT2D eigenvalue weighted by molar-refractivity contribution is -0.122. The fourth-order valence-electron chi connectivity index (χ4n) is 3.04. The molecule has 2 saturated carbocycles. The van der Waals surface area contributed by atoms with E-state index in [9.17, 15) is 0 Å². The first-order valence-corrected chi connectivity index (χ1v) is 10.2. The number of rotatable bonds is 1. The SMILES string of the molecule is CC.CC.CC1CCCCC1.CCC1CCC(C)CC1.O=CO. The van der Waals surface area contributed by atoms with Gasteiger partial charge < -0.3 is 5.11 Å². The Morgan fingerprint density at radius 3 is 1.39 bits per heavy atom. The molecule has 0 aromatic heterocycles. The maximum Gasteiger partial charge on any atom is 0.290 e. The molecule has 142 valence electrons. The maximum absolute atomic E-state index is 8.36. The van der Waals surface area contributed by atoms with Crippen molar-refractivity contribution >= 4 is 6.47 Å². The van der Waals surface area contributed by atoms with Gasteiger partial charge in [0.25, 0.3) is 6.47 Å². The summed E-state index contributed by atoms with van der Waals surface area (Å²) in [5.41, 5.74) is 0. The summed E-state index contributed by atoms with van der Waals surface area (Å²) in [5.74, 6) is 3.13. The summed E-state index contributed by atoms with van der Waals surface area (Å²) in [6.07, 6.45) is 14.8. The minimum absolute atomic E-state index is 0.250. The highest BCUT2D eigenvalue weighted by molar-refractivity contribution is 5.32. The Morgan fingerprint density at radius 2 is 1.13 bits per heavy atom. The third-order valence-corrected chi connectivity index (χ3v) is 4.61. The van der Waals surface area contributed by atoms with Crippen LogP contribution in [0.2, 0.25) is 0 Å². The highest BCUT2D eigenvalue weighted by atomic mass is 16.3. The molecule has 0 radical (unpaired) electrons. The number of hydrogen-bond acceptors (Lipinski definition) is 1. The van der Waals surface area contributed by atoms with Crippen LogP contribution >= 0.6 is 0 Å². The predicted octanol–water partition coefficient (Wildman–Crippen LogP) is 7.56. The van der Waals surface area contributed by atoms with Gasteiger partial charge in [-0.1, -0.05) is 113 Å². The maximum atomic E-state index is 8.36. The van der Waals surface area contributed by atoms with Gasteiger partial charge in [-0.15, -0.1) is 0 Å². The van der Waals surface area contributed by atoms with Gasteiger partial charge in [0, 0.05) is 0 Å². The van der Waals surface area contributed by atoms with Crippen LogP contribution in [0.3, 0.4) is 0 Å². The van der Waals surface area contributed by atoms with Crippen LogP contribution in [0.1, 0.15) is 113 Å². The molecule has 0 spiro atoms. The van der Waals surface area contributed by atoms with Crippen LogP contribution < -0.4 is 0 Å². The molecule has 0 saturated heterocycles. The van der Waals surface area contributed by atoms with Crippen LogP contribution in [0.15, 0.2) is 0 Å². The van der Waals surface area contributed by atoms with Crippen molar-refractivity contribution in [3.8, 4) is 0 Å². The normalized spacial score (nSPS) is 23.1. The second kappa shape index (κ2) is 23.7. The highest BCUT2D eigenvalue weighted by Crippen LogP contribution is 2.29. The minimum Gasteiger partial charge on any atom is -0.483 e. The summed E-state index contributed by atoms with van der Waals surface area (Å²) in [7, 11) is 0. The van der Waals surface area contributed by atoms with Gasteiger partial charge in [-0.05, 0) is 17.8 Å². The molecule has 2 aliphatic carbocycles. The quantitative estimate of drug-likeness (QED) is 0.503. The average molecular weight is 331 g/mol. The summed E-state index contributed by atoms with van der Waals surface area (Å²) in [6, 6.07) is 0. The zero-order valence-corrected chi connectivity index (χ0v) is 17.2. The highest BCUT2D eigenvalue weighted by Gasteiger charge is 2.15. The van der Waals surface area contributed by atoms with Gasteiger partial charge >= 0.3 is 0 Å². The summed E-state index contributed by atoms with van der Waals surface area (Å²) in [6.45, 7) is 14.8. The average Bonchev–Trinajstić information content (AvgIpc) is 2.61. The molecule has 2 rings (SSSR count). The van der Waals surface area contributed by atoms with Crippen LogP contribution in [0.4, 0.5) is 0 Å². The Labute approximate surface area is 147 Å². The topological polar surface area (TPSA) is 37.3 Å². The molecule has 0 aliphatic heterocycles. The number of carboxylic acid groups (broad SMARTS) is 1. The van der Waals surface area contributed by atoms with Gasteiger partial charge in [0.1, 0.15) is 0 Å². The van der Waals surface area contributed by atoms with E-state index in [-0.39, 0.29) is 6.47 Å². The van der Waals surface area contributed by atoms with Gasteiger partial charge in [-0.25, -0.2) is 0 Å². The predicted molar refractivity (Wildman–Crippen MR) is 105 cm³/mol. The van der Waals surface area contributed by atoms with Crippen molar-refractivity contribution in [2.45, 2.75) is 113 Å². The second-order valence-electron chi connectivity index (χ2n) is 6.38. The molecular weight excluding hydrogens is 284 g/mol. The molecule has 0 amide bonds. The Bertz CT molecular complexity index is 190. The Kier molecular flexibility index (Phi) is 28.2. The lowest BCUT2D eigenvalue weighted by Gasteiger charge is -2.24. The van der Waals surface area contributed by atoms with Crippen LogP contribution in [0.25, 0.3) is 0 Å². The smallest absolute Gasteiger partial charge is 0.290 e. The fraction of sp³-hybridized carbons (Fsp3) is 0.952. The monoisotopic (exact) mass is 330 g/mol. The standard InChI is InChI=1S/C9H18.C7H14.2C2H6.CH2O2/c1-3-9-6-4-8(2)5-7-9;1-7-5-3-2-4-6-7;2*1-2;2-1-3/h8-9H,3-7H2,1-2H3;7H,2-6H2,1H3;2*1-2H3;1H,(H,2,3). The first kappa shape index (κ1) is 27.3. The Hall–Kier alpha value is -0.530. The molecule has 2 heteroatoms. The number of hydrogen-bond donors (Lipinski definition) is 1. The molecule has 1 N–H and O–H groups in total. The molecule has 0 bridgehead atoms. The third-order valence-electron chi connectivity index (χ3n) is 4.61. The molecular formula is C21H46O2. The lowest BCUT2D eigenvalue weighted by Crippen LogP contribution is -2.10. The van der Waals surface area contributed by atoms with E-state index in [1.54, 1.807) is 0 Å². The summed E-state index contributed by atoms with van der Waals surface area (Å²) >= 11 is 0. The van der Waals surface area contributed by atoms with Crippen molar-refractivity contribution in [1.29, 1.82) is 0 Å². The molecule has 0 unspecified atom stereocenters. The van der Waals surface area contributed by atoms with Crippen molar-refractivity contribution < 1.29 is 9.90 Å². The third kappa shape index (κ3) is 21.5. The summed E-state index contributed by atoms with van der Waals surface area (Å²) < 4.78 is 0. The minimum atomic E-state index is -0.250. The molecule has 2 fully saturated rings. The van der Waals surface area contributed by atoms with E-state index >= 15 is 0 Å². The van der Waals surface area contributed by atoms with E-state index in [0.29, 0.717) is 0 Å². The van der Waals surface area contributed by atoms with E-state index in [0.717, 1.165) is 17.8 Å². The van der Waals surface area contributed by atoms with E-state index < -0.39 is 0 Å². The lowest BCUT2D eigenvalue weighted by atomic mass is 9.82. The molecule has 2 aliphatic rings. The fourth-order valence-corrected chi connectivity index (χ4v) is 3.04. The summed E-state index contributed by atoms with van der Waals surface area (Å²) in [4.78, 5) is 8.36. The first-order chi connectivity index (χ1) is 11.1. The van der Waals surface area contributed by atoms with Crippen molar-refractivity contribution in [3.05, 3.63) is 0 Å². The van der Waals surface area contributed by atoms with Crippen molar-refractivity contribution in [2.24, 2.45) is 17.8 Å². The van der Waals surface area contributed by atoms with Crippen LogP contribution in [0.5, 0.6) is 0 Å². The second-order valence-corrected chi connectivity index (χ2v) is 6.38. The van der Waals surface area contributed by atoms with Crippen LogP contribution in [0, 0.1) is 17.8 Å². The zero-order chi connectivity index (χ0) is 18.5. The summed E-state index contributed by atoms with van der Waals surface area (Å²) in [5, 5.41) is 6.89. The zero-order valence-electron chi connectivity index (χ0n) is 17.2. The van der Waals surface area contributed by atoms with Crippen LogP contribution in [-0.2, 0) is 4.79 Å². The Morgan fingerprint density at radius 1 is 0.783 bits per heavy atom. The van der Waals surface area contributed by atoms with E-state index in [1.807, 2.05) is 27.7 Å². The van der Waals surface area contributed by atoms with E-state index in [1.165, 1.54) is 64.2 Å². The Balaban J connectivity index is -0.000000255. The van der Waals surface area contributed by atoms with Gasteiger partial charge in [0.15, 0.2) is 0 Å². The number of carbonyl (C=O) groups is 1. The first-order valence-electron chi connectivity index (χ1n) is 10.2.